The van der Waals surface area contributed by atoms with Gasteiger partial charge in [-0.2, -0.15) is 5.10 Å². The normalized spacial score (nSPS) is 18.7. The fourth-order valence-corrected chi connectivity index (χ4v) is 3.87. The maximum atomic E-state index is 11.5. The third-order valence-corrected chi connectivity index (χ3v) is 5.28. The SMILES string of the molecule is CCc1nn(C)c(N2CCC(c3nncn3C3CC3)CC2)c1[N+](=O)[O-]. The Kier molecular flexibility index (Phi) is 3.93. The largest absolute Gasteiger partial charge is 0.351 e. The van der Waals surface area contributed by atoms with Gasteiger partial charge in [0.15, 0.2) is 0 Å². The molecule has 0 bridgehead atoms. The van der Waals surface area contributed by atoms with Gasteiger partial charge in [-0.1, -0.05) is 6.92 Å². The number of piperidine rings is 1. The molecule has 1 saturated heterocycles. The molecule has 0 spiro atoms. The minimum atomic E-state index is -0.295. The fraction of sp³-hybridized carbons (Fsp3) is 0.688. The maximum absolute atomic E-state index is 11.5. The minimum absolute atomic E-state index is 0.157. The molecule has 0 amide bonds. The first-order valence-corrected chi connectivity index (χ1v) is 8.94. The molecule has 2 aromatic heterocycles. The lowest BCUT2D eigenvalue weighted by atomic mass is 9.95. The quantitative estimate of drug-likeness (QED) is 0.609. The average Bonchev–Trinajstić information content (AvgIpc) is 3.23. The molecule has 1 saturated carbocycles. The summed E-state index contributed by atoms with van der Waals surface area (Å²) in [4.78, 5) is 13.3. The maximum Gasteiger partial charge on any atom is 0.334 e. The molecule has 9 heteroatoms. The second kappa shape index (κ2) is 6.12. The van der Waals surface area contributed by atoms with E-state index in [0.717, 1.165) is 31.8 Å². The molecule has 4 rings (SSSR count). The van der Waals surface area contributed by atoms with Gasteiger partial charge in [-0.25, -0.2) is 4.68 Å². The third-order valence-electron chi connectivity index (χ3n) is 5.28. The first-order valence-electron chi connectivity index (χ1n) is 8.94. The number of aromatic nitrogens is 5. The van der Waals surface area contributed by atoms with E-state index in [9.17, 15) is 10.1 Å². The average molecular weight is 345 g/mol. The highest BCUT2D eigenvalue weighted by Crippen LogP contribution is 2.40. The van der Waals surface area contributed by atoms with Crippen molar-refractivity contribution in [2.75, 3.05) is 18.0 Å². The Morgan fingerprint density at radius 2 is 2.00 bits per heavy atom. The second-order valence-electron chi connectivity index (χ2n) is 6.94. The van der Waals surface area contributed by atoms with Gasteiger partial charge in [0.25, 0.3) is 0 Å². The molecule has 0 radical (unpaired) electrons. The van der Waals surface area contributed by atoms with Crippen LogP contribution in [0.25, 0.3) is 0 Å². The van der Waals surface area contributed by atoms with Gasteiger partial charge in [-0.3, -0.25) is 10.1 Å². The molecule has 3 heterocycles. The summed E-state index contributed by atoms with van der Waals surface area (Å²) < 4.78 is 3.88. The standard InChI is InChI=1S/C16H23N7O2/c1-3-13-14(23(24)25)16(20(2)19-13)21-8-6-11(7-9-21)15-18-17-10-22(15)12-4-5-12/h10-12H,3-9H2,1-2H3. The Labute approximate surface area is 145 Å². The number of anilines is 1. The van der Waals surface area contributed by atoms with Crippen molar-refractivity contribution in [1.82, 2.24) is 24.5 Å². The summed E-state index contributed by atoms with van der Waals surface area (Å²) in [6.07, 6.45) is 6.68. The van der Waals surface area contributed by atoms with E-state index in [1.807, 2.05) is 13.3 Å². The van der Waals surface area contributed by atoms with Crippen LogP contribution in [0.15, 0.2) is 6.33 Å². The summed E-state index contributed by atoms with van der Waals surface area (Å²) >= 11 is 0. The van der Waals surface area contributed by atoms with Crippen LogP contribution >= 0.6 is 0 Å². The molecule has 2 aliphatic rings. The summed E-state index contributed by atoms with van der Waals surface area (Å²) in [5.41, 5.74) is 0.711. The molecule has 0 aromatic carbocycles. The Hall–Kier alpha value is -2.45. The van der Waals surface area contributed by atoms with Crippen LogP contribution in [0.2, 0.25) is 0 Å². The van der Waals surface area contributed by atoms with Crippen molar-refractivity contribution < 1.29 is 4.92 Å². The lowest BCUT2D eigenvalue weighted by Crippen LogP contribution is -2.35. The van der Waals surface area contributed by atoms with Gasteiger partial charge in [0, 0.05) is 32.1 Å². The van der Waals surface area contributed by atoms with Crippen molar-refractivity contribution in [3.8, 4) is 0 Å². The van der Waals surface area contributed by atoms with E-state index in [0.29, 0.717) is 29.9 Å². The molecule has 1 aliphatic carbocycles. The summed E-state index contributed by atoms with van der Waals surface area (Å²) in [5.74, 6) is 2.08. The second-order valence-corrected chi connectivity index (χ2v) is 6.94. The highest BCUT2D eigenvalue weighted by atomic mass is 16.6. The zero-order valence-corrected chi connectivity index (χ0v) is 14.6. The van der Waals surface area contributed by atoms with Gasteiger partial charge in [-0.15, -0.1) is 10.2 Å². The van der Waals surface area contributed by atoms with Crippen LogP contribution < -0.4 is 4.90 Å². The zero-order chi connectivity index (χ0) is 17.6. The predicted molar refractivity (Wildman–Crippen MR) is 91.7 cm³/mol. The highest BCUT2D eigenvalue weighted by Gasteiger charge is 2.34. The Morgan fingerprint density at radius 1 is 1.28 bits per heavy atom. The van der Waals surface area contributed by atoms with Crippen molar-refractivity contribution in [2.45, 2.75) is 51.0 Å². The monoisotopic (exact) mass is 345 g/mol. The van der Waals surface area contributed by atoms with Gasteiger partial charge in [0.1, 0.15) is 17.8 Å². The summed E-state index contributed by atoms with van der Waals surface area (Å²) in [6.45, 7) is 3.44. The molecular formula is C16H23N7O2. The van der Waals surface area contributed by atoms with Crippen molar-refractivity contribution in [3.63, 3.8) is 0 Å². The third kappa shape index (κ3) is 2.77. The molecule has 0 atom stereocenters. The minimum Gasteiger partial charge on any atom is -0.351 e. The zero-order valence-electron chi connectivity index (χ0n) is 14.6. The lowest BCUT2D eigenvalue weighted by Gasteiger charge is -2.32. The van der Waals surface area contributed by atoms with Gasteiger partial charge < -0.3 is 9.47 Å². The number of nitrogens with zero attached hydrogens (tertiary/aromatic N) is 7. The Bertz CT molecular complexity index is 785. The van der Waals surface area contributed by atoms with E-state index in [4.69, 9.17) is 0 Å². The highest BCUT2D eigenvalue weighted by molar-refractivity contribution is 5.61. The van der Waals surface area contributed by atoms with Gasteiger partial charge in [-0.05, 0) is 32.1 Å². The van der Waals surface area contributed by atoms with Crippen LogP contribution in [0.1, 0.15) is 56.1 Å². The molecule has 0 N–H and O–H groups in total. The fourth-order valence-electron chi connectivity index (χ4n) is 3.87. The van der Waals surface area contributed by atoms with Crippen LogP contribution in [0.3, 0.4) is 0 Å². The van der Waals surface area contributed by atoms with E-state index in [1.54, 1.807) is 11.7 Å². The van der Waals surface area contributed by atoms with E-state index in [2.05, 4.69) is 24.8 Å². The molecule has 2 fully saturated rings. The Balaban J connectivity index is 1.53. The molecule has 25 heavy (non-hydrogen) atoms. The number of nitro groups is 1. The van der Waals surface area contributed by atoms with Crippen molar-refractivity contribution in [1.29, 1.82) is 0 Å². The van der Waals surface area contributed by atoms with Crippen LogP contribution in [0.5, 0.6) is 0 Å². The summed E-state index contributed by atoms with van der Waals surface area (Å²) in [6, 6.07) is 0.577. The van der Waals surface area contributed by atoms with Crippen LogP contribution in [0, 0.1) is 10.1 Å². The molecule has 0 unspecified atom stereocenters. The number of hydrogen-bond donors (Lipinski definition) is 0. The van der Waals surface area contributed by atoms with Crippen molar-refractivity contribution >= 4 is 11.5 Å². The van der Waals surface area contributed by atoms with E-state index in [1.165, 1.54) is 12.8 Å². The van der Waals surface area contributed by atoms with Crippen molar-refractivity contribution in [3.05, 3.63) is 28.0 Å². The van der Waals surface area contributed by atoms with Gasteiger partial charge in [0.05, 0.1) is 4.92 Å². The molecule has 9 nitrogen and oxygen atoms in total. The van der Waals surface area contributed by atoms with E-state index < -0.39 is 0 Å². The van der Waals surface area contributed by atoms with E-state index in [-0.39, 0.29) is 10.6 Å². The number of aryl methyl sites for hydroxylation is 2. The van der Waals surface area contributed by atoms with Crippen molar-refractivity contribution in [2.24, 2.45) is 7.05 Å². The smallest absolute Gasteiger partial charge is 0.334 e. The first-order chi connectivity index (χ1) is 12.1. The molecule has 1 aliphatic heterocycles. The van der Waals surface area contributed by atoms with Crippen LogP contribution in [-0.2, 0) is 13.5 Å². The first kappa shape index (κ1) is 16.0. The Morgan fingerprint density at radius 3 is 2.60 bits per heavy atom. The van der Waals surface area contributed by atoms with E-state index >= 15 is 0 Å². The summed E-state index contributed by atoms with van der Waals surface area (Å²) in [5, 5.41) is 24.3. The van der Waals surface area contributed by atoms with Crippen LogP contribution in [-0.4, -0.2) is 42.6 Å². The molecule has 2 aromatic rings. The van der Waals surface area contributed by atoms with Gasteiger partial charge in [0.2, 0.25) is 5.82 Å². The number of hydrogen-bond acceptors (Lipinski definition) is 6. The topological polar surface area (TPSA) is 94.9 Å². The van der Waals surface area contributed by atoms with Gasteiger partial charge >= 0.3 is 5.69 Å². The molecular weight excluding hydrogens is 322 g/mol. The predicted octanol–water partition coefficient (Wildman–Crippen LogP) is 2.20. The van der Waals surface area contributed by atoms with Crippen LogP contribution in [0.4, 0.5) is 11.5 Å². The lowest BCUT2D eigenvalue weighted by molar-refractivity contribution is -0.384. The molecule has 134 valence electrons. The number of rotatable bonds is 5. The summed E-state index contributed by atoms with van der Waals surface area (Å²) in [7, 11) is 1.79.